The van der Waals surface area contributed by atoms with E-state index >= 15 is 0 Å². The molecule has 2 heterocycles. The minimum Gasteiger partial charge on any atom is -0.354 e. The molecule has 0 radical (unpaired) electrons. The van der Waals surface area contributed by atoms with E-state index in [0.717, 1.165) is 26.2 Å². The largest absolute Gasteiger partial charge is 0.354 e. The average molecular weight is 312 g/mol. The second kappa shape index (κ2) is 7.48. The topological polar surface area (TPSA) is 85.5 Å². The number of rotatable bonds is 4. The van der Waals surface area contributed by atoms with Crippen LogP contribution in [0.4, 0.5) is 11.5 Å². The van der Waals surface area contributed by atoms with Gasteiger partial charge >= 0.3 is 0 Å². The number of aliphatic imine (C=N–C) groups is 1. The Morgan fingerprint density at radius 1 is 1.48 bits per heavy atom. The zero-order valence-electron chi connectivity index (χ0n) is 13.4. The van der Waals surface area contributed by atoms with Crippen molar-refractivity contribution in [2.45, 2.75) is 13.5 Å². The van der Waals surface area contributed by atoms with Crippen LogP contribution in [0.25, 0.3) is 0 Å². The summed E-state index contributed by atoms with van der Waals surface area (Å²) in [5, 5.41) is 15.5. The molecule has 2 rings (SSSR count). The van der Waals surface area contributed by atoms with E-state index in [1.807, 2.05) is 0 Å². The van der Waals surface area contributed by atoms with E-state index in [2.05, 4.69) is 45.2 Å². The lowest BCUT2D eigenvalue weighted by molar-refractivity contribution is 0.0955. The van der Waals surface area contributed by atoms with Crippen LogP contribution in [0.2, 0.25) is 0 Å². The highest BCUT2D eigenvalue weighted by Gasteiger charge is 2.29. The number of nitrogens with one attached hydrogen (secondary N) is 2. The first-order valence-corrected chi connectivity index (χ1v) is 7.40. The molecular weight excluding hydrogens is 292 g/mol. The maximum absolute atomic E-state index is 12.3. The summed E-state index contributed by atoms with van der Waals surface area (Å²) < 4.78 is 1.77. The Labute approximate surface area is 136 Å². The van der Waals surface area contributed by atoms with Gasteiger partial charge in [-0.3, -0.25) is 9.79 Å². The molecule has 120 valence electrons. The van der Waals surface area contributed by atoms with Crippen LogP contribution in [0.5, 0.6) is 0 Å². The number of carbonyl (C=O) groups excluding carboxylic acids is 1. The second-order valence-electron chi connectivity index (χ2n) is 4.99. The molecule has 1 aliphatic heterocycles. The van der Waals surface area contributed by atoms with Crippen molar-refractivity contribution in [2.75, 3.05) is 38.1 Å². The van der Waals surface area contributed by atoms with Crippen molar-refractivity contribution < 1.29 is 4.79 Å². The highest BCUT2D eigenvalue weighted by atomic mass is 16.1. The molecule has 1 aliphatic rings. The molecule has 0 atom stereocenters. The maximum Gasteiger partial charge on any atom is 0.270 e. The number of amides is 1. The van der Waals surface area contributed by atoms with E-state index in [-0.39, 0.29) is 5.91 Å². The average Bonchev–Trinajstić information content (AvgIpc) is 2.93. The van der Waals surface area contributed by atoms with Crippen LogP contribution in [0.15, 0.2) is 4.99 Å². The number of hydrogen-bond donors (Lipinski definition) is 2. The number of nitrogens with zero attached hydrogens (tertiary/aromatic N) is 4. The minimum atomic E-state index is -0.303. The summed E-state index contributed by atoms with van der Waals surface area (Å²) in [6.45, 7) is 8.75. The molecule has 0 saturated carbocycles. The van der Waals surface area contributed by atoms with Crippen LogP contribution < -0.4 is 15.5 Å². The Morgan fingerprint density at radius 3 is 2.70 bits per heavy atom. The Kier molecular flexibility index (Phi) is 5.40. The van der Waals surface area contributed by atoms with E-state index in [9.17, 15) is 10.1 Å². The molecule has 23 heavy (non-hydrogen) atoms. The molecule has 2 N–H and O–H groups in total. The van der Waals surface area contributed by atoms with E-state index in [1.165, 1.54) is 0 Å². The summed E-state index contributed by atoms with van der Waals surface area (Å²) in [5.41, 5.74) is 1.02. The molecule has 7 nitrogen and oxygen atoms in total. The molecule has 0 bridgehead atoms. The Hall–Kier alpha value is -2.77. The lowest BCUT2D eigenvalue weighted by atomic mass is 10.2. The first-order valence-electron chi connectivity index (χ1n) is 7.40. The Morgan fingerprint density at radius 2 is 2.17 bits per heavy atom. The summed E-state index contributed by atoms with van der Waals surface area (Å²) in [6, 6.07) is 2.18. The van der Waals surface area contributed by atoms with Gasteiger partial charge in [-0.25, -0.2) is 0 Å². The first kappa shape index (κ1) is 16.6. The van der Waals surface area contributed by atoms with Gasteiger partial charge in [0.25, 0.3) is 5.91 Å². The number of nitriles is 1. The molecule has 0 spiro atoms. The van der Waals surface area contributed by atoms with Crippen molar-refractivity contribution >= 4 is 24.1 Å². The van der Waals surface area contributed by atoms with Gasteiger partial charge in [-0.1, -0.05) is 5.92 Å². The Balaban J connectivity index is 2.71. The molecule has 1 saturated heterocycles. The standard InChI is InChI=1S/C16H20N6O/c1-4-5-8-22-14(15(23)19-3)13(18-2)12(11-17)16(22)21-9-6-20-7-10-21/h20H,2,6-10H2,1,3H3,(H,19,23). The number of anilines is 1. The van der Waals surface area contributed by atoms with Crippen molar-refractivity contribution in [3.63, 3.8) is 0 Å². The van der Waals surface area contributed by atoms with Gasteiger partial charge in [-0.05, 0) is 13.6 Å². The lowest BCUT2D eigenvalue weighted by Gasteiger charge is -2.30. The number of carbonyl (C=O) groups is 1. The lowest BCUT2D eigenvalue weighted by Crippen LogP contribution is -2.44. The fourth-order valence-corrected chi connectivity index (χ4v) is 2.72. The highest BCUT2D eigenvalue weighted by Crippen LogP contribution is 2.36. The van der Waals surface area contributed by atoms with Gasteiger partial charge in [-0.15, -0.1) is 5.92 Å². The number of piperazine rings is 1. The van der Waals surface area contributed by atoms with E-state index in [1.54, 1.807) is 18.5 Å². The van der Waals surface area contributed by atoms with Gasteiger partial charge < -0.3 is 20.1 Å². The third-order valence-electron chi connectivity index (χ3n) is 3.75. The minimum absolute atomic E-state index is 0.303. The molecule has 0 aliphatic carbocycles. The van der Waals surface area contributed by atoms with Crippen molar-refractivity contribution in [2.24, 2.45) is 4.99 Å². The molecule has 1 aromatic rings. The zero-order valence-corrected chi connectivity index (χ0v) is 13.4. The molecule has 1 aromatic heterocycles. The normalized spacial score (nSPS) is 13.7. The third kappa shape index (κ3) is 3.05. The summed E-state index contributed by atoms with van der Waals surface area (Å²) >= 11 is 0. The van der Waals surface area contributed by atoms with Gasteiger partial charge in [0.2, 0.25) is 0 Å². The summed E-state index contributed by atoms with van der Waals surface area (Å²) in [4.78, 5) is 18.4. The summed E-state index contributed by atoms with van der Waals surface area (Å²) in [7, 11) is 1.55. The van der Waals surface area contributed by atoms with Gasteiger partial charge in [0, 0.05) is 33.2 Å². The zero-order chi connectivity index (χ0) is 16.8. The fourth-order valence-electron chi connectivity index (χ4n) is 2.72. The monoisotopic (exact) mass is 312 g/mol. The highest BCUT2D eigenvalue weighted by molar-refractivity contribution is 6.01. The third-order valence-corrected chi connectivity index (χ3v) is 3.75. The van der Waals surface area contributed by atoms with Crippen LogP contribution in [0, 0.1) is 23.2 Å². The molecular formula is C16H20N6O. The molecule has 1 amide bonds. The predicted molar refractivity (Wildman–Crippen MR) is 90.3 cm³/mol. The number of aromatic nitrogens is 1. The molecule has 7 heteroatoms. The van der Waals surface area contributed by atoms with Crippen LogP contribution in [-0.2, 0) is 6.54 Å². The van der Waals surface area contributed by atoms with E-state index < -0.39 is 0 Å². The van der Waals surface area contributed by atoms with Crippen molar-refractivity contribution in [1.29, 1.82) is 5.26 Å². The predicted octanol–water partition coefficient (Wildman–Crippen LogP) is 0.484. The van der Waals surface area contributed by atoms with Crippen LogP contribution in [-0.4, -0.2) is 50.4 Å². The van der Waals surface area contributed by atoms with Gasteiger partial charge in [0.05, 0.1) is 6.54 Å². The molecule has 1 fully saturated rings. The first-order chi connectivity index (χ1) is 11.2. The van der Waals surface area contributed by atoms with Crippen molar-refractivity contribution in [3.05, 3.63) is 11.3 Å². The van der Waals surface area contributed by atoms with Crippen LogP contribution in [0.1, 0.15) is 23.0 Å². The van der Waals surface area contributed by atoms with Crippen molar-refractivity contribution in [1.82, 2.24) is 15.2 Å². The van der Waals surface area contributed by atoms with Gasteiger partial charge in [0.1, 0.15) is 28.8 Å². The van der Waals surface area contributed by atoms with Crippen LogP contribution in [0.3, 0.4) is 0 Å². The Bertz CT molecular complexity index is 710. The van der Waals surface area contributed by atoms with E-state index in [0.29, 0.717) is 29.3 Å². The summed E-state index contributed by atoms with van der Waals surface area (Å²) in [5.74, 6) is 6.19. The van der Waals surface area contributed by atoms with Gasteiger partial charge in [-0.2, -0.15) is 5.26 Å². The molecule has 0 aromatic carbocycles. The summed E-state index contributed by atoms with van der Waals surface area (Å²) in [6.07, 6.45) is 0. The van der Waals surface area contributed by atoms with Gasteiger partial charge in [0.15, 0.2) is 0 Å². The van der Waals surface area contributed by atoms with E-state index in [4.69, 9.17) is 0 Å². The maximum atomic E-state index is 12.3. The number of hydrogen-bond acceptors (Lipinski definition) is 5. The molecule has 0 unspecified atom stereocenters. The quantitative estimate of drug-likeness (QED) is 0.626. The second-order valence-corrected chi connectivity index (χ2v) is 4.99. The smallest absolute Gasteiger partial charge is 0.270 e. The van der Waals surface area contributed by atoms with Crippen molar-refractivity contribution in [3.8, 4) is 17.9 Å². The fraction of sp³-hybridized carbons (Fsp3) is 0.438. The van der Waals surface area contributed by atoms with Crippen LogP contribution >= 0.6 is 0 Å². The SMILES string of the molecule is C=Nc1c(C#N)c(N2CCNCC2)n(CC#CC)c1C(=O)NC.